The molecular formula is C20H16N2O4S2. The summed E-state index contributed by atoms with van der Waals surface area (Å²) in [7, 11) is -3.84. The van der Waals surface area contributed by atoms with Gasteiger partial charge >= 0.3 is 10.1 Å². The molecule has 0 N–H and O–H groups in total. The zero-order chi connectivity index (χ0) is 19.6. The van der Waals surface area contributed by atoms with E-state index in [9.17, 15) is 13.2 Å². The van der Waals surface area contributed by atoms with Crippen LogP contribution in [-0.2, 0) is 16.7 Å². The Morgan fingerprint density at radius 2 is 1.68 bits per heavy atom. The molecule has 2 heterocycles. The van der Waals surface area contributed by atoms with E-state index in [2.05, 4.69) is 4.98 Å². The zero-order valence-electron chi connectivity index (χ0n) is 14.7. The minimum Gasteiger partial charge on any atom is -0.382 e. The molecule has 8 heteroatoms. The molecule has 0 aliphatic carbocycles. The standard InChI is InChI=1S/C20H16N2O4S2/c23-20-18-17(15-7-3-1-4-8-15)13-27-19(18)21-14-22(20)11-12-28(24,25)26-16-9-5-2-6-10-16/h1-10,13-14H,11-12H2. The maximum absolute atomic E-state index is 13.0. The van der Waals surface area contributed by atoms with Gasteiger partial charge in [-0.05, 0) is 17.7 Å². The summed E-state index contributed by atoms with van der Waals surface area (Å²) in [5, 5.41) is 2.40. The van der Waals surface area contributed by atoms with Crippen molar-refractivity contribution in [3.8, 4) is 16.9 Å². The third kappa shape index (κ3) is 3.83. The first-order valence-corrected chi connectivity index (χ1v) is 11.0. The molecule has 0 amide bonds. The Morgan fingerprint density at radius 3 is 2.39 bits per heavy atom. The number of para-hydroxylation sites is 1. The van der Waals surface area contributed by atoms with Crippen LogP contribution in [0.4, 0.5) is 0 Å². The minimum atomic E-state index is -3.84. The number of hydrogen-bond donors (Lipinski definition) is 0. The van der Waals surface area contributed by atoms with E-state index in [0.717, 1.165) is 11.1 Å². The van der Waals surface area contributed by atoms with Gasteiger partial charge in [0, 0.05) is 17.5 Å². The van der Waals surface area contributed by atoms with Gasteiger partial charge in [-0.1, -0.05) is 48.5 Å². The number of rotatable bonds is 6. The van der Waals surface area contributed by atoms with E-state index in [1.807, 2.05) is 35.7 Å². The predicted octanol–water partition coefficient (Wildman–Crippen LogP) is 3.53. The quantitative estimate of drug-likeness (QED) is 0.453. The van der Waals surface area contributed by atoms with Crippen molar-refractivity contribution in [2.45, 2.75) is 6.54 Å². The van der Waals surface area contributed by atoms with Gasteiger partial charge in [0.2, 0.25) is 0 Å². The highest BCUT2D eigenvalue weighted by Crippen LogP contribution is 2.30. The second-order valence-corrected chi connectivity index (χ2v) is 8.65. The topological polar surface area (TPSA) is 78.3 Å². The first kappa shape index (κ1) is 18.4. The van der Waals surface area contributed by atoms with Crippen LogP contribution in [-0.4, -0.2) is 23.7 Å². The second kappa shape index (κ2) is 7.57. The zero-order valence-corrected chi connectivity index (χ0v) is 16.3. The monoisotopic (exact) mass is 412 g/mol. The Labute approximate surface area is 165 Å². The summed E-state index contributed by atoms with van der Waals surface area (Å²) in [6.07, 6.45) is 1.38. The summed E-state index contributed by atoms with van der Waals surface area (Å²) in [6, 6.07) is 17.8. The van der Waals surface area contributed by atoms with E-state index in [4.69, 9.17) is 4.18 Å². The van der Waals surface area contributed by atoms with Crippen LogP contribution in [0.1, 0.15) is 0 Å². The fourth-order valence-corrected chi connectivity index (χ4v) is 4.65. The molecule has 0 fully saturated rings. The largest absolute Gasteiger partial charge is 0.382 e. The Morgan fingerprint density at radius 1 is 1.00 bits per heavy atom. The Balaban J connectivity index is 1.61. The summed E-state index contributed by atoms with van der Waals surface area (Å²) in [5.41, 5.74) is 1.46. The van der Waals surface area contributed by atoms with E-state index in [0.29, 0.717) is 10.2 Å². The SMILES string of the molecule is O=c1c2c(-c3ccccc3)csc2ncn1CCS(=O)(=O)Oc1ccccc1. The predicted molar refractivity (Wildman–Crippen MR) is 110 cm³/mol. The minimum absolute atomic E-state index is 0.0407. The van der Waals surface area contributed by atoms with Crippen LogP contribution in [0.2, 0.25) is 0 Å². The van der Waals surface area contributed by atoms with Gasteiger partial charge in [0.15, 0.2) is 0 Å². The molecule has 2 aromatic carbocycles. The normalized spacial score (nSPS) is 11.6. The van der Waals surface area contributed by atoms with Gasteiger partial charge in [0.05, 0.1) is 11.7 Å². The lowest BCUT2D eigenvalue weighted by Gasteiger charge is -2.08. The molecule has 0 bridgehead atoms. The van der Waals surface area contributed by atoms with Crippen molar-refractivity contribution < 1.29 is 12.6 Å². The molecule has 0 aliphatic rings. The maximum atomic E-state index is 13.0. The maximum Gasteiger partial charge on any atom is 0.310 e. The van der Waals surface area contributed by atoms with Crippen LogP contribution in [0.5, 0.6) is 5.75 Å². The van der Waals surface area contributed by atoms with E-state index in [1.54, 1.807) is 30.3 Å². The van der Waals surface area contributed by atoms with Crippen molar-refractivity contribution in [1.82, 2.24) is 9.55 Å². The molecule has 4 rings (SSSR count). The van der Waals surface area contributed by atoms with Crippen LogP contribution < -0.4 is 9.74 Å². The van der Waals surface area contributed by atoms with Gasteiger partial charge in [-0.15, -0.1) is 11.3 Å². The molecule has 0 radical (unpaired) electrons. The third-order valence-corrected chi connectivity index (χ3v) is 6.21. The van der Waals surface area contributed by atoms with E-state index in [-0.39, 0.29) is 23.6 Å². The Hall–Kier alpha value is -2.97. The van der Waals surface area contributed by atoms with Crippen LogP contribution in [0.25, 0.3) is 21.3 Å². The summed E-state index contributed by atoms with van der Waals surface area (Å²) >= 11 is 1.39. The second-order valence-electron chi connectivity index (χ2n) is 6.10. The average Bonchev–Trinajstić information content (AvgIpc) is 3.14. The first-order chi connectivity index (χ1) is 13.5. The highest BCUT2D eigenvalue weighted by Gasteiger charge is 2.16. The number of benzene rings is 2. The Bertz CT molecular complexity index is 1260. The van der Waals surface area contributed by atoms with Crippen LogP contribution in [0.15, 0.2) is 77.2 Å². The number of nitrogens with zero attached hydrogens (tertiary/aromatic N) is 2. The fourth-order valence-electron chi connectivity index (χ4n) is 2.83. The molecular weight excluding hydrogens is 396 g/mol. The van der Waals surface area contributed by atoms with Crippen molar-refractivity contribution >= 4 is 31.7 Å². The van der Waals surface area contributed by atoms with Gasteiger partial charge in [0.1, 0.15) is 16.3 Å². The molecule has 4 aromatic rings. The van der Waals surface area contributed by atoms with Crippen LogP contribution >= 0.6 is 11.3 Å². The number of aryl methyl sites for hydroxylation is 1. The van der Waals surface area contributed by atoms with Crippen molar-refractivity contribution in [2.24, 2.45) is 0 Å². The molecule has 28 heavy (non-hydrogen) atoms. The molecule has 0 unspecified atom stereocenters. The van der Waals surface area contributed by atoms with Crippen molar-refractivity contribution in [1.29, 1.82) is 0 Å². The van der Waals surface area contributed by atoms with Crippen molar-refractivity contribution in [3.63, 3.8) is 0 Å². The molecule has 0 saturated heterocycles. The van der Waals surface area contributed by atoms with E-state index in [1.165, 1.54) is 22.2 Å². The van der Waals surface area contributed by atoms with E-state index < -0.39 is 10.1 Å². The van der Waals surface area contributed by atoms with Gasteiger partial charge in [0.25, 0.3) is 5.56 Å². The summed E-state index contributed by atoms with van der Waals surface area (Å²) in [4.78, 5) is 17.9. The third-order valence-electron chi connectivity index (χ3n) is 4.19. The highest BCUT2D eigenvalue weighted by atomic mass is 32.2. The number of thiophene rings is 1. The number of aromatic nitrogens is 2. The van der Waals surface area contributed by atoms with Crippen molar-refractivity contribution in [3.05, 3.63) is 82.7 Å². The van der Waals surface area contributed by atoms with Crippen LogP contribution in [0, 0.1) is 0 Å². The molecule has 0 aliphatic heterocycles. The first-order valence-electron chi connectivity index (χ1n) is 8.53. The molecule has 0 spiro atoms. The highest BCUT2D eigenvalue weighted by molar-refractivity contribution is 7.87. The lowest BCUT2D eigenvalue weighted by atomic mass is 10.1. The molecule has 142 valence electrons. The number of fused-ring (bicyclic) bond motifs is 1. The van der Waals surface area contributed by atoms with Gasteiger partial charge in [-0.25, -0.2) is 4.98 Å². The van der Waals surface area contributed by atoms with E-state index >= 15 is 0 Å². The van der Waals surface area contributed by atoms with Gasteiger partial charge in [-0.2, -0.15) is 8.42 Å². The summed E-state index contributed by atoms with van der Waals surface area (Å²) < 4.78 is 30.8. The number of hydrogen-bond acceptors (Lipinski definition) is 6. The molecule has 6 nitrogen and oxygen atoms in total. The smallest absolute Gasteiger partial charge is 0.310 e. The van der Waals surface area contributed by atoms with Gasteiger partial charge in [-0.3, -0.25) is 9.36 Å². The molecule has 0 saturated carbocycles. The fraction of sp³-hybridized carbons (Fsp3) is 0.100. The summed E-state index contributed by atoms with van der Waals surface area (Å²) in [6.45, 7) is -0.0407. The van der Waals surface area contributed by atoms with Crippen LogP contribution in [0.3, 0.4) is 0 Å². The molecule has 0 atom stereocenters. The summed E-state index contributed by atoms with van der Waals surface area (Å²) in [5.74, 6) is -0.0904. The Kier molecular flexibility index (Phi) is 4.97. The van der Waals surface area contributed by atoms with Crippen molar-refractivity contribution in [2.75, 3.05) is 5.75 Å². The average molecular weight is 412 g/mol. The van der Waals surface area contributed by atoms with Gasteiger partial charge < -0.3 is 4.18 Å². The molecule has 2 aromatic heterocycles. The lowest BCUT2D eigenvalue weighted by Crippen LogP contribution is -2.26. The lowest BCUT2D eigenvalue weighted by molar-refractivity contribution is 0.480.